The number of halogens is 2. The van der Waals surface area contributed by atoms with Crippen LogP contribution in [0.1, 0.15) is 16.1 Å². The minimum Gasteiger partial charge on any atom is -0.287 e. The minimum atomic E-state index is -0.345. The number of ketones is 1. The molecular formula is C11H8FIN2O. The summed E-state index contributed by atoms with van der Waals surface area (Å²) < 4.78 is 15.0. The number of benzene rings is 1. The third-order valence-corrected chi connectivity index (χ3v) is 3.01. The van der Waals surface area contributed by atoms with Gasteiger partial charge in [0.1, 0.15) is 11.5 Å². The highest BCUT2D eigenvalue weighted by molar-refractivity contribution is 14.1. The fourth-order valence-electron chi connectivity index (χ4n) is 1.35. The summed E-state index contributed by atoms with van der Waals surface area (Å²) >= 11 is 1.94. The number of rotatable bonds is 2. The summed E-state index contributed by atoms with van der Waals surface area (Å²) in [6, 6.07) is 5.73. The first kappa shape index (κ1) is 11.3. The number of hydrogen-bond donors (Lipinski definition) is 0. The van der Waals surface area contributed by atoms with Gasteiger partial charge >= 0.3 is 0 Å². The lowest BCUT2D eigenvalue weighted by Gasteiger charge is -2.01. The molecule has 1 aromatic heterocycles. The third kappa shape index (κ3) is 2.13. The van der Waals surface area contributed by atoms with Crippen molar-refractivity contribution in [1.29, 1.82) is 0 Å². The quantitative estimate of drug-likeness (QED) is 0.626. The van der Waals surface area contributed by atoms with E-state index in [1.165, 1.54) is 18.2 Å². The molecule has 0 atom stereocenters. The van der Waals surface area contributed by atoms with Crippen LogP contribution in [0.25, 0.3) is 0 Å². The van der Waals surface area contributed by atoms with Gasteiger partial charge in [0, 0.05) is 22.4 Å². The number of aryl methyl sites for hydroxylation is 1. The van der Waals surface area contributed by atoms with E-state index in [1.54, 1.807) is 24.0 Å². The van der Waals surface area contributed by atoms with Crippen molar-refractivity contribution in [2.45, 2.75) is 0 Å². The number of carbonyl (C=O) groups excluding carboxylic acids is 1. The minimum absolute atomic E-state index is 0.190. The fourth-order valence-corrected chi connectivity index (χ4v) is 2.07. The summed E-state index contributed by atoms with van der Waals surface area (Å²) in [6.45, 7) is 0. The second-order valence-corrected chi connectivity index (χ2v) is 4.49. The zero-order valence-corrected chi connectivity index (χ0v) is 10.6. The van der Waals surface area contributed by atoms with Crippen molar-refractivity contribution >= 4 is 28.4 Å². The topological polar surface area (TPSA) is 34.9 Å². The Morgan fingerprint density at radius 1 is 1.44 bits per heavy atom. The summed E-state index contributed by atoms with van der Waals surface area (Å²) in [7, 11) is 1.74. The molecule has 0 amide bonds. The van der Waals surface area contributed by atoms with E-state index in [9.17, 15) is 9.18 Å². The predicted molar refractivity (Wildman–Crippen MR) is 65.8 cm³/mol. The molecule has 1 aromatic carbocycles. The highest BCUT2D eigenvalue weighted by atomic mass is 127. The third-order valence-electron chi connectivity index (χ3n) is 2.12. The second-order valence-electron chi connectivity index (χ2n) is 3.33. The highest BCUT2D eigenvalue weighted by Gasteiger charge is 2.15. The van der Waals surface area contributed by atoms with Crippen LogP contribution in [0.3, 0.4) is 0 Å². The van der Waals surface area contributed by atoms with Gasteiger partial charge in [0.25, 0.3) is 0 Å². The standard InChI is InChI=1S/C11H8FIN2O/c1-15-5-4-10(14-15)11(16)8-3-2-7(12)6-9(8)13/h2-6H,1H3. The maximum atomic E-state index is 12.9. The van der Waals surface area contributed by atoms with Crippen LogP contribution in [-0.4, -0.2) is 15.6 Å². The van der Waals surface area contributed by atoms with E-state index in [1.807, 2.05) is 22.6 Å². The van der Waals surface area contributed by atoms with Crippen LogP contribution < -0.4 is 0 Å². The van der Waals surface area contributed by atoms with Crippen molar-refractivity contribution in [3.05, 3.63) is 51.1 Å². The van der Waals surface area contributed by atoms with Gasteiger partial charge in [-0.25, -0.2) is 4.39 Å². The van der Waals surface area contributed by atoms with E-state index in [4.69, 9.17) is 0 Å². The van der Waals surface area contributed by atoms with Crippen LogP contribution in [0.4, 0.5) is 4.39 Å². The maximum absolute atomic E-state index is 12.9. The largest absolute Gasteiger partial charge is 0.287 e. The molecule has 3 nitrogen and oxygen atoms in total. The van der Waals surface area contributed by atoms with Crippen molar-refractivity contribution in [2.75, 3.05) is 0 Å². The van der Waals surface area contributed by atoms with E-state index >= 15 is 0 Å². The van der Waals surface area contributed by atoms with E-state index in [2.05, 4.69) is 5.10 Å². The number of nitrogens with zero attached hydrogens (tertiary/aromatic N) is 2. The van der Waals surface area contributed by atoms with Crippen LogP contribution in [0.5, 0.6) is 0 Å². The molecule has 0 N–H and O–H groups in total. The lowest BCUT2D eigenvalue weighted by atomic mass is 10.1. The molecule has 2 aromatic rings. The first-order chi connectivity index (χ1) is 7.58. The lowest BCUT2D eigenvalue weighted by molar-refractivity contribution is 0.103. The van der Waals surface area contributed by atoms with Gasteiger partial charge in [0.05, 0.1) is 0 Å². The molecule has 0 fully saturated rings. The Kier molecular flexibility index (Phi) is 3.04. The summed E-state index contributed by atoms with van der Waals surface area (Å²) in [5, 5.41) is 4.02. The van der Waals surface area contributed by atoms with E-state index in [-0.39, 0.29) is 11.6 Å². The van der Waals surface area contributed by atoms with Gasteiger partial charge in [0.15, 0.2) is 0 Å². The SMILES string of the molecule is Cn1ccc(C(=O)c2ccc(F)cc2I)n1. The lowest BCUT2D eigenvalue weighted by Crippen LogP contribution is -2.05. The molecule has 0 radical (unpaired) electrons. The Hall–Kier alpha value is -1.24. The van der Waals surface area contributed by atoms with Gasteiger partial charge in [-0.15, -0.1) is 0 Å². The summed E-state index contributed by atoms with van der Waals surface area (Å²) in [4.78, 5) is 12.0. The summed E-state index contributed by atoms with van der Waals surface area (Å²) in [6.07, 6.45) is 1.70. The highest BCUT2D eigenvalue weighted by Crippen LogP contribution is 2.17. The normalized spacial score (nSPS) is 10.4. The van der Waals surface area contributed by atoms with Gasteiger partial charge in [0.2, 0.25) is 5.78 Å². The van der Waals surface area contributed by atoms with Crippen LogP contribution in [0, 0.1) is 9.39 Å². The Bertz CT molecular complexity index is 551. The number of aromatic nitrogens is 2. The van der Waals surface area contributed by atoms with Crippen molar-refractivity contribution in [2.24, 2.45) is 7.05 Å². The van der Waals surface area contributed by atoms with E-state index in [0.29, 0.717) is 14.8 Å². The average Bonchev–Trinajstić information content (AvgIpc) is 2.64. The van der Waals surface area contributed by atoms with Crippen molar-refractivity contribution in [3.8, 4) is 0 Å². The molecule has 16 heavy (non-hydrogen) atoms. The van der Waals surface area contributed by atoms with E-state index in [0.717, 1.165) is 0 Å². The van der Waals surface area contributed by atoms with Crippen LogP contribution in [0.2, 0.25) is 0 Å². The van der Waals surface area contributed by atoms with Crippen molar-refractivity contribution in [3.63, 3.8) is 0 Å². The van der Waals surface area contributed by atoms with Gasteiger partial charge in [-0.3, -0.25) is 9.48 Å². The predicted octanol–water partition coefficient (Wildman–Crippen LogP) is 2.39. The van der Waals surface area contributed by atoms with Crippen LogP contribution in [-0.2, 0) is 7.05 Å². The molecule has 0 aliphatic carbocycles. The molecule has 2 rings (SSSR count). The average molecular weight is 330 g/mol. The van der Waals surface area contributed by atoms with Gasteiger partial charge < -0.3 is 0 Å². The Labute approximate surface area is 105 Å². The number of carbonyl (C=O) groups is 1. The molecule has 0 saturated heterocycles. The number of hydrogen-bond acceptors (Lipinski definition) is 2. The monoisotopic (exact) mass is 330 g/mol. The summed E-state index contributed by atoms with van der Waals surface area (Å²) in [5.41, 5.74) is 0.840. The van der Waals surface area contributed by atoms with Crippen LogP contribution in [0.15, 0.2) is 30.5 Å². The second kappa shape index (κ2) is 4.32. The Balaban J connectivity index is 2.41. The first-order valence-electron chi connectivity index (χ1n) is 4.57. The van der Waals surface area contributed by atoms with Gasteiger partial charge in [-0.1, -0.05) is 0 Å². The smallest absolute Gasteiger partial charge is 0.214 e. The molecule has 0 saturated carbocycles. The molecule has 0 bridgehead atoms. The summed E-state index contributed by atoms with van der Waals surface area (Å²) in [5.74, 6) is -0.535. The molecule has 0 unspecified atom stereocenters. The van der Waals surface area contributed by atoms with Gasteiger partial charge in [-0.05, 0) is 46.9 Å². The zero-order valence-electron chi connectivity index (χ0n) is 8.45. The Morgan fingerprint density at radius 3 is 2.75 bits per heavy atom. The van der Waals surface area contributed by atoms with Crippen molar-refractivity contribution in [1.82, 2.24) is 9.78 Å². The maximum Gasteiger partial charge on any atom is 0.214 e. The zero-order chi connectivity index (χ0) is 11.7. The first-order valence-corrected chi connectivity index (χ1v) is 5.65. The van der Waals surface area contributed by atoms with Gasteiger partial charge in [-0.2, -0.15) is 5.10 Å². The molecule has 1 heterocycles. The molecule has 82 valence electrons. The van der Waals surface area contributed by atoms with Crippen molar-refractivity contribution < 1.29 is 9.18 Å². The fraction of sp³-hybridized carbons (Fsp3) is 0.0909. The molecular weight excluding hydrogens is 322 g/mol. The van der Waals surface area contributed by atoms with Crippen LogP contribution >= 0.6 is 22.6 Å². The molecule has 0 aliphatic rings. The molecule has 5 heteroatoms. The Morgan fingerprint density at radius 2 is 2.19 bits per heavy atom. The molecule has 0 aliphatic heterocycles. The van der Waals surface area contributed by atoms with E-state index < -0.39 is 0 Å². The molecule has 0 spiro atoms.